The lowest BCUT2D eigenvalue weighted by atomic mass is 10.5. The molecule has 1 aromatic heterocycles. The summed E-state index contributed by atoms with van der Waals surface area (Å²) in [6.07, 6.45) is 5.14. The molecule has 0 spiro atoms. The van der Waals surface area contributed by atoms with Crippen molar-refractivity contribution in [2.45, 2.75) is 12.2 Å². The van der Waals surface area contributed by atoms with Crippen LogP contribution in [-0.2, 0) is 10.5 Å². The summed E-state index contributed by atoms with van der Waals surface area (Å²) in [4.78, 5) is 18.1. The van der Waals surface area contributed by atoms with Crippen LogP contribution in [0.4, 0.5) is 0 Å². The van der Waals surface area contributed by atoms with Crippen LogP contribution in [-0.4, -0.2) is 26.8 Å². The highest BCUT2D eigenvalue weighted by Gasteiger charge is 1.98. The molecule has 0 unspecified atom stereocenters. The van der Waals surface area contributed by atoms with Gasteiger partial charge in [0.25, 0.3) is 0 Å². The maximum atomic E-state index is 10.2. The SMILES string of the molecule is O=C(O)CCSCc1cnccn1. The maximum Gasteiger partial charge on any atom is 0.304 e. The second-order valence-corrected chi connectivity index (χ2v) is 3.50. The Labute approximate surface area is 80.4 Å². The van der Waals surface area contributed by atoms with Crippen molar-refractivity contribution >= 4 is 17.7 Å². The minimum Gasteiger partial charge on any atom is -0.481 e. The van der Waals surface area contributed by atoms with E-state index in [0.29, 0.717) is 5.75 Å². The van der Waals surface area contributed by atoms with E-state index in [1.54, 1.807) is 30.4 Å². The zero-order valence-corrected chi connectivity index (χ0v) is 7.83. The Morgan fingerprint density at radius 2 is 2.38 bits per heavy atom. The molecule has 0 saturated carbocycles. The van der Waals surface area contributed by atoms with Crippen LogP contribution in [0.2, 0.25) is 0 Å². The van der Waals surface area contributed by atoms with Gasteiger partial charge in [-0.05, 0) is 0 Å². The molecule has 70 valence electrons. The Morgan fingerprint density at radius 1 is 1.54 bits per heavy atom. The number of carboxylic acid groups (broad SMARTS) is 1. The molecule has 0 aliphatic heterocycles. The van der Waals surface area contributed by atoms with Crippen LogP contribution < -0.4 is 0 Å². The first kappa shape index (κ1) is 9.98. The van der Waals surface area contributed by atoms with Gasteiger partial charge in [-0.15, -0.1) is 0 Å². The summed E-state index contributed by atoms with van der Waals surface area (Å²) < 4.78 is 0. The quantitative estimate of drug-likeness (QED) is 0.720. The third kappa shape index (κ3) is 4.47. The number of thioether (sulfide) groups is 1. The number of carboxylic acids is 1. The van der Waals surface area contributed by atoms with E-state index in [1.807, 2.05) is 0 Å². The van der Waals surface area contributed by atoms with Gasteiger partial charge in [-0.2, -0.15) is 11.8 Å². The average molecular weight is 198 g/mol. The van der Waals surface area contributed by atoms with E-state index in [1.165, 1.54) is 0 Å². The van der Waals surface area contributed by atoms with Crippen molar-refractivity contribution in [2.75, 3.05) is 5.75 Å². The van der Waals surface area contributed by atoms with E-state index in [2.05, 4.69) is 9.97 Å². The summed E-state index contributed by atoms with van der Waals surface area (Å²) in [7, 11) is 0. The summed E-state index contributed by atoms with van der Waals surface area (Å²) in [6, 6.07) is 0. The Kier molecular flexibility index (Phi) is 4.25. The maximum absolute atomic E-state index is 10.2. The molecule has 0 amide bonds. The molecule has 0 bridgehead atoms. The molecular weight excluding hydrogens is 188 g/mol. The second kappa shape index (κ2) is 5.53. The second-order valence-electron chi connectivity index (χ2n) is 2.39. The Balaban J connectivity index is 2.17. The van der Waals surface area contributed by atoms with Gasteiger partial charge >= 0.3 is 5.97 Å². The van der Waals surface area contributed by atoms with Crippen molar-refractivity contribution in [2.24, 2.45) is 0 Å². The molecule has 1 aromatic rings. The van der Waals surface area contributed by atoms with Gasteiger partial charge in [0.15, 0.2) is 0 Å². The van der Waals surface area contributed by atoms with Crippen LogP contribution in [0.15, 0.2) is 18.6 Å². The number of hydrogen-bond donors (Lipinski definition) is 1. The summed E-state index contributed by atoms with van der Waals surface area (Å²) in [6.45, 7) is 0. The summed E-state index contributed by atoms with van der Waals surface area (Å²) in [5.74, 6) is 0.583. The zero-order valence-electron chi connectivity index (χ0n) is 7.01. The van der Waals surface area contributed by atoms with Crippen molar-refractivity contribution in [3.8, 4) is 0 Å². The number of aromatic nitrogens is 2. The van der Waals surface area contributed by atoms with Crippen molar-refractivity contribution in [3.05, 3.63) is 24.3 Å². The van der Waals surface area contributed by atoms with Gasteiger partial charge in [0, 0.05) is 30.1 Å². The molecule has 13 heavy (non-hydrogen) atoms. The molecular formula is C8H10N2O2S. The third-order valence-electron chi connectivity index (χ3n) is 1.33. The molecule has 0 aliphatic carbocycles. The fourth-order valence-corrected chi connectivity index (χ4v) is 1.56. The van der Waals surface area contributed by atoms with Crippen LogP contribution in [0, 0.1) is 0 Å². The number of carbonyl (C=O) groups is 1. The standard InChI is InChI=1S/C8H10N2O2S/c11-8(12)1-4-13-6-7-5-9-2-3-10-7/h2-3,5H,1,4,6H2,(H,11,12). The van der Waals surface area contributed by atoms with E-state index in [9.17, 15) is 4.79 Å². The minimum atomic E-state index is -0.758. The van der Waals surface area contributed by atoms with E-state index in [0.717, 1.165) is 11.4 Å². The molecule has 0 radical (unpaired) electrons. The summed E-state index contributed by atoms with van der Waals surface area (Å²) in [5.41, 5.74) is 0.887. The fraction of sp³-hybridized carbons (Fsp3) is 0.375. The molecule has 0 saturated heterocycles. The van der Waals surface area contributed by atoms with Gasteiger partial charge in [-0.3, -0.25) is 14.8 Å². The van der Waals surface area contributed by atoms with Crippen molar-refractivity contribution < 1.29 is 9.90 Å². The van der Waals surface area contributed by atoms with Gasteiger partial charge in [0.05, 0.1) is 12.1 Å². The van der Waals surface area contributed by atoms with Crippen molar-refractivity contribution in [1.82, 2.24) is 9.97 Å². The molecule has 0 atom stereocenters. The molecule has 1 N–H and O–H groups in total. The molecule has 1 rings (SSSR count). The number of nitrogens with zero attached hydrogens (tertiary/aromatic N) is 2. The Bertz CT molecular complexity index is 266. The highest BCUT2D eigenvalue weighted by Crippen LogP contribution is 2.09. The van der Waals surface area contributed by atoms with E-state index in [-0.39, 0.29) is 6.42 Å². The Morgan fingerprint density at radius 3 is 3.00 bits per heavy atom. The first-order valence-electron chi connectivity index (χ1n) is 3.83. The van der Waals surface area contributed by atoms with E-state index < -0.39 is 5.97 Å². The highest BCUT2D eigenvalue weighted by molar-refractivity contribution is 7.98. The molecule has 4 nitrogen and oxygen atoms in total. The van der Waals surface area contributed by atoms with Gasteiger partial charge < -0.3 is 5.11 Å². The molecule has 0 aromatic carbocycles. The molecule has 0 aliphatic rings. The number of hydrogen-bond acceptors (Lipinski definition) is 4. The molecule has 0 fully saturated rings. The number of aliphatic carboxylic acids is 1. The van der Waals surface area contributed by atoms with Crippen LogP contribution in [0.25, 0.3) is 0 Å². The van der Waals surface area contributed by atoms with Crippen molar-refractivity contribution in [3.63, 3.8) is 0 Å². The van der Waals surface area contributed by atoms with Gasteiger partial charge in [-0.1, -0.05) is 0 Å². The van der Waals surface area contributed by atoms with Crippen molar-refractivity contribution in [1.29, 1.82) is 0 Å². The van der Waals surface area contributed by atoms with Crippen LogP contribution in [0.1, 0.15) is 12.1 Å². The predicted molar refractivity (Wildman–Crippen MR) is 50.4 cm³/mol. The largest absolute Gasteiger partial charge is 0.481 e. The lowest BCUT2D eigenvalue weighted by Gasteiger charge is -1.97. The minimum absolute atomic E-state index is 0.199. The van der Waals surface area contributed by atoms with Crippen LogP contribution in [0.3, 0.4) is 0 Å². The monoisotopic (exact) mass is 198 g/mol. The Hall–Kier alpha value is -1.10. The first-order valence-corrected chi connectivity index (χ1v) is 4.99. The van der Waals surface area contributed by atoms with Crippen LogP contribution >= 0.6 is 11.8 Å². The normalized spacial score (nSPS) is 9.85. The third-order valence-corrected chi connectivity index (χ3v) is 2.32. The lowest BCUT2D eigenvalue weighted by Crippen LogP contribution is -1.96. The average Bonchev–Trinajstić information content (AvgIpc) is 2.14. The molecule has 5 heteroatoms. The van der Waals surface area contributed by atoms with Gasteiger partial charge in [0.1, 0.15) is 0 Å². The highest BCUT2D eigenvalue weighted by atomic mass is 32.2. The topological polar surface area (TPSA) is 63.1 Å². The lowest BCUT2D eigenvalue weighted by molar-refractivity contribution is -0.136. The zero-order chi connectivity index (χ0) is 9.52. The summed E-state index contributed by atoms with van der Waals surface area (Å²) >= 11 is 1.55. The van der Waals surface area contributed by atoms with Gasteiger partial charge in [0.2, 0.25) is 0 Å². The van der Waals surface area contributed by atoms with E-state index in [4.69, 9.17) is 5.11 Å². The fourth-order valence-electron chi connectivity index (χ4n) is 0.741. The smallest absolute Gasteiger partial charge is 0.304 e. The van der Waals surface area contributed by atoms with Crippen LogP contribution in [0.5, 0.6) is 0 Å². The first-order chi connectivity index (χ1) is 6.29. The molecule has 1 heterocycles. The van der Waals surface area contributed by atoms with Gasteiger partial charge in [-0.25, -0.2) is 0 Å². The summed E-state index contributed by atoms with van der Waals surface area (Å²) in [5, 5.41) is 8.37. The number of rotatable bonds is 5. The predicted octanol–water partition coefficient (Wildman–Crippen LogP) is 1.18. The van der Waals surface area contributed by atoms with E-state index >= 15 is 0 Å².